The smallest absolute Gasteiger partial charge is 0.0415 e. The molecule has 1 heterocycles. The minimum atomic E-state index is 0.869. The highest BCUT2D eigenvalue weighted by atomic mass is 79.9. The van der Waals surface area contributed by atoms with Crippen LogP contribution in [0.2, 0.25) is 0 Å². The van der Waals surface area contributed by atoms with Crippen LogP contribution in [0.15, 0.2) is 35.1 Å². The van der Waals surface area contributed by atoms with Gasteiger partial charge in [0.05, 0.1) is 0 Å². The molecule has 0 fully saturated rings. The van der Waals surface area contributed by atoms with E-state index in [-0.39, 0.29) is 0 Å². The highest BCUT2D eigenvalue weighted by molar-refractivity contribution is 9.10. The van der Waals surface area contributed by atoms with Gasteiger partial charge in [-0.25, -0.2) is 0 Å². The summed E-state index contributed by atoms with van der Waals surface area (Å²) >= 11 is 3.59. The second kappa shape index (κ2) is 5.61. The Bertz CT molecular complexity index is 520. The fourth-order valence-electron chi connectivity index (χ4n) is 2.04. The number of hydrogen-bond acceptors (Lipinski definition) is 1. The van der Waals surface area contributed by atoms with Crippen LogP contribution in [0, 0.1) is 13.8 Å². The number of nitrogens with zero attached hydrogens (tertiary/aromatic N) is 1. The molecular formula is C15H19BrN2. The lowest BCUT2D eigenvalue weighted by atomic mass is 10.1. The van der Waals surface area contributed by atoms with Crippen LogP contribution in [-0.4, -0.2) is 4.57 Å². The van der Waals surface area contributed by atoms with Gasteiger partial charge in [0.1, 0.15) is 0 Å². The lowest BCUT2D eigenvalue weighted by Crippen LogP contribution is -2.00. The van der Waals surface area contributed by atoms with Crippen molar-refractivity contribution < 1.29 is 0 Å². The van der Waals surface area contributed by atoms with E-state index in [1.54, 1.807) is 0 Å². The second-order valence-electron chi connectivity index (χ2n) is 4.63. The van der Waals surface area contributed by atoms with Crippen molar-refractivity contribution >= 4 is 21.6 Å². The Morgan fingerprint density at radius 2 is 1.89 bits per heavy atom. The van der Waals surface area contributed by atoms with E-state index in [0.29, 0.717) is 0 Å². The van der Waals surface area contributed by atoms with Gasteiger partial charge in [-0.1, -0.05) is 15.9 Å². The lowest BCUT2D eigenvalue weighted by Gasteiger charge is -2.10. The number of anilines is 1. The van der Waals surface area contributed by atoms with Crippen molar-refractivity contribution in [2.45, 2.75) is 33.9 Å². The normalized spacial score (nSPS) is 10.7. The molecule has 0 saturated heterocycles. The summed E-state index contributed by atoms with van der Waals surface area (Å²) in [6.45, 7) is 8.29. The monoisotopic (exact) mass is 306 g/mol. The molecule has 0 aliphatic carbocycles. The molecule has 2 nitrogen and oxygen atoms in total. The Kier molecular flexibility index (Phi) is 4.12. The average molecular weight is 307 g/mol. The number of aryl methyl sites for hydroxylation is 3. The molecule has 0 saturated carbocycles. The van der Waals surface area contributed by atoms with Gasteiger partial charge in [-0.2, -0.15) is 0 Å². The van der Waals surface area contributed by atoms with E-state index >= 15 is 0 Å². The van der Waals surface area contributed by atoms with Crippen LogP contribution < -0.4 is 5.32 Å². The van der Waals surface area contributed by atoms with Crippen molar-refractivity contribution in [3.63, 3.8) is 0 Å². The maximum Gasteiger partial charge on any atom is 0.0415 e. The Balaban J connectivity index is 2.06. The molecule has 96 valence electrons. The highest BCUT2D eigenvalue weighted by Gasteiger charge is 2.02. The summed E-state index contributed by atoms with van der Waals surface area (Å²) in [6, 6.07) is 6.51. The van der Waals surface area contributed by atoms with Crippen LogP contribution in [0.4, 0.5) is 5.69 Å². The van der Waals surface area contributed by atoms with Gasteiger partial charge in [-0.3, -0.25) is 0 Å². The maximum atomic E-state index is 3.59. The van der Waals surface area contributed by atoms with Crippen molar-refractivity contribution in [1.29, 1.82) is 0 Å². The molecule has 0 aliphatic heterocycles. The lowest BCUT2D eigenvalue weighted by molar-refractivity contribution is 0.766. The fourth-order valence-corrected chi connectivity index (χ4v) is 2.27. The maximum absolute atomic E-state index is 3.59. The molecule has 1 N–H and O–H groups in total. The van der Waals surface area contributed by atoms with E-state index < -0.39 is 0 Å². The van der Waals surface area contributed by atoms with Crippen LogP contribution in [0.25, 0.3) is 0 Å². The molecular weight excluding hydrogens is 288 g/mol. The van der Waals surface area contributed by atoms with E-state index in [1.165, 1.54) is 26.9 Å². The van der Waals surface area contributed by atoms with E-state index in [0.717, 1.165) is 13.1 Å². The summed E-state index contributed by atoms with van der Waals surface area (Å²) in [7, 11) is 0. The summed E-state index contributed by atoms with van der Waals surface area (Å²) < 4.78 is 3.39. The summed E-state index contributed by atoms with van der Waals surface area (Å²) in [6.07, 6.45) is 4.31. The highest BCUT2D eigenvalue weighted by Crippen LogP contribution is 2.25. The summed E-state index contributed by atoms with van der Waals surface area (Å²) in [5.74, 6) is 0. The van der Waals surface area contributed by atoms with Crippen molar-refractivity contribution in [3.05, 3.63) is 51.8 Å². The van der Waals surface area contributed by atoms with Gasteiger partial charge in [0.15, 0.2) is 0 Å². The van der Waals surface area contributed by atoms with Crippen LogP contribution in [0.3, 0.4) is 0 Å². The van der Waals surface area contributed by atoms with Gasteiger partial charge in [0.2, 0.25) is 0 Å². The zero-order valence-corrected chi connectivity index (χ0v) is 12.7. The number of aromatic nitrogens is 1. The molecule has 3 heteroatoms. The first-order valence-electron chi connectivity index (χ1n) is 6.25. The summed E-state index contributed by atoms with van der Waals surface area (Å²) in [4.78, 5) is 0. The van der Waals surface area contributed by atoms with Gasteiger partial charge in [0.25, 0.3) is 0 Å². The molecule has 0 atom stereocenters. The van der Waals surface area contributed by atoms with Crippen LogP contribution >= 0.6 is 15.9 Å². The van der Waals surface area contributed by atoms with Gasteiger partial charge >= 0.3 is 0 Å². The van der Waals surface area contributed by atoms with Gasteiger partial charge in [0, 0.05) is 35.6 Å². The molecule has 2 rings (SSSR count). The Morgan fingerprint density at radius 3 is 2.44 bits per heavy atom. The van der Waals surface area contributed by atoms with Crippen molar-refractivity contribution in [2.24, 2.45) is 0 Å². The molecule has 0 bridgehead atoms. The van der Waals surface area contributed by atoms with Crippen LogP contribution in [0.5, 0.6) is 0 Å². The molecule has 0 aliphatic rings. The van der Waals surface area contributed by atoms with E-state index in [2.05, 4.69) is 77.2 Å². The van der Waals surface area contributed by atoms with Crippen LogP contribution in [-0.2, 0) is 13.1 Å². The average Bonchev–Trinajstić information content (AvgIpc) is 2.81. The van der Waals surface area contributed by atoms with Crippen molar-refractivity contribution in [3.8, 4) is 0 Å². The molecule has 1 aromatic carbocycles. The predicted molar refractivity (Wildman–Crippen MR) is 81.0 cm³/mol. The Morgan fingerprint density at radius 1 is 1.22 bits per heavy atom. The quantitative estimate of drug-likeness (QED) is 0.880. The van der Waals surface area contributed by atoms with Gasteiger partial charge in [-0.15, -0.1) is 0 Å². The standard InChI is InChI=1S/C15H19BrN2/c1-4-18-6-5-13(10-18)9-17-14-7-11(2)15(16)12(3)8-14/h5-8,10,17H,4,9H2,1-3H3. The minimum absolute atomic E-state index is 0.869. The van der Waals surface area contributed by atoms with E-state index in [4.69, 9.17) is 0 Å². The third kappa shape index (κ3) is 2.96. The zero-order chi connectivity index (χ0) is 13.1. The van der Waals surface area contributed by atoms with E-state index in [1.807, 2.05) is 0 Å². The largest absolute Gasteiger partial charge is 0.381 e. The topological polar surface area (TPSA) is 17.0 Å². The zero-order valence-electron chi connectivity index (χ0n) is 11.1. The summed E-state index contributed by atoms with van der Waals surface area (Å²) in [5.41, 5.74) is 5.03. The number of halogens is 1. The molecule has 0 radical (unpaired) electrons. The molecule has 2 aromatic rings. The molecule has 0 unspecified atom stereocenters. The number of rotatable bonds is 4. The summed E-state index contributed by atoms with van der Waals surface area (Å²) in [5, 5.41) is 3.47. The molecule has 18 heavy (non-hydrogen) atoms. The third-order valence-corrected chi connectivity index (χ3v) is 4.36. The minimum Gasteiger partial charge on any atom is -0.381 e. The molecule has 0 amide bonds. The Hall–Kier alpha value is -1.22. The number of benzene rings is 1. The Labute approximate surface area is 117 Å². The van der Waals surface area contributed by atoms with Crippen molar-refractivity contribution in [1.82, 2.24) is 4.57 Å². The molecule has 0 spiro atoms. The third-order valence-electron chi connectivity index (χ3n) is 3.11. The SMILES string of the molecule is CCn1ccc(CNc2cc(C)c(Br)c(C)c2)c1. The fraction of sp³-hybridized carbons (Fsp3) is 0.333. The van der Waals surface area contributed by atoms with Gasteiger partial charge < -0.3 is 9.88 Å². The number of nitrogens with one attached hydrogen (secondary N) is 1. The molecule has 1 aromatic heterocycles. The van der Waals surface area contributed by atoms with Crippen LogP contribution in [0.1, 0.15) is 23.6 Å². The first kappa shape index (κ1) is 13.2. The van der Waals surface area contributed by atoms with E-state index in [9.17, 15) is 0 Å². The van der Waals surface area contributed by atoms with Crippen molar-refractivity contribution in [2.75, 3.05) is 5.32 Å². The predicted octanol–water partition coefficient (Wildman–Crippen LogP) is 4.50. The first-order chi connectivity index (χ1) is 8.60. The second-order valence-corrected chi connectivity index (χ2v) is 5.42. The van der Waals surface area contributed by atoms with Gasteiger partial charge in [-0.05, 0) is 55.7 Å². The number of hydrogen-bond donors (Lipinski definition) is 1. The first-order valence-corrected chi connectivity index (χ1v) is 7.04.